The maximum atomic E-state index is 9.22. The number of rotatable bonds is 9. The molecule has 0 saturated heterocycles. The summed E-state index contributed by atoms with van der Waals surface area (Å²) in [5.41, 5.74) is 0.952. The third kappa shape index (κ3) is 8.53. The molecule has 1 aromatic carbocycles. The molecule has 6 heteroatoms. The zero-order valence-corrected chi connectivity index (χ0v) is 16.5. The average molecular weight is 402 g/mol. The number of benzene rings is 1. The summed E-state index contributed by atoms with van der Waals surface area (Å²) in [7, 11) is 3.23. The summed E-state index contributed by atoms with van der Waals surface area (Å²) in [6.45, 7) is 5.35. The highest BCUT2D eigenvalue weighted by Crippen LogP contribution is 2.33. The Morgan fingerprint density at radius 3 is 2.33 bits per heavy atom. The summed E-state index contributed by atoms with van der Waals surface area (Å²) >= 11 is 3.15. The molecule has 0 radical (unpaired) electrons. The number of hydrogen-bond donors (Lipinski definition) is 1. The van der Waals surface area contributed by atoms with Gasteiger partial charge in [0.15, 0.2) is 11.5 Å². The summed E-state index contributed by atoms with van der Waals surface area (Å²) < 4.78 is 15.8. The Labute approximate surface area is 153 Å². The van der Waals surface area contributed by atoms with Crippen molar-refractivity contribution in [3.63, 3.8) is 0 Å². The first kappa shape index (κ1) is 22.7. The SMILES string of the molecule is COCCOc1ccc(C(C#N)C(C)C)cc1OC.OCCCBr. The molecule has 0 amide bonds. The van der Waals surface area contributed by atoms with Gasteiger partial charge in [0.1, 0.15) is 6.61 Å². The lowest BCUT2D eigenvalue weighted by atomic mass is 9.90. The fraction of sp³-hybridized carbons (Fsp3) is 0.611. The van der Waals surface area contributed by atoms with Crippen molar-refractivity contribution in [2.45, 2.75) is 26.2 Å². The smallest absolute Gasteiger partial charge is 0.161 e. The predicted molar refractivity (Wildman–Crippen MR) is 99.1 cm³/mol. The van der Waals surface area contributed by atoms with Crippen LogP contribution in [0.4, 0.5) is 0 Å². The third-order valence-electron chi connectivity index (χ3n) is 3.19. The van der Waals surface area contributed by atoms with Gasteiger partial charge in [-0.3, -0.25) is 0 Å². The second-order valence-electron chi connectivity index (χ2n) is 5.37. The minimum absolute atomic E-state index is 0.137. The molecule has 0 aliphatic carbocycles. The summed E-state index contributed by atoms with van der Waals surface area (Å²) in [6, 6.07) is 7.95. The molecule has 136 valence electrons. The van der Waals surface area contributed by atoms with Crippen molar-refractivity contribution in [1.29, 1.82) is 5.26 Å². The van der Waals surface area contributed by atoms with Crippen LogP contribution in [0.25, 0.3) is 0 Å². The molecule has 1 rings (SSSR count). The maximum Gasteiger partial charge on any atom is 0.161 e. The fourth-order valence-corrected chi connectivity index (χ4v) is 2.15. The van der Waals surface area contributed by atoms with Gasteiger partial charge in [-0.05, 0) is 30.0 Å². The first-order chi connectivity index (χ1) is 11.5. The van der Waals surface area contributed by atoms with Crippen LogP contribution in [0.1, 0.15) is 31.7 Å². The molecule has 0 aliphatic heterocycles. The summed E-state index contributed by atoms with van der Waals surface area (Å²) in [6.07, 6.45) is 0.861. The van der Waals surface area contributed by atoms with E-state index in [1.807, 2.05) is 32.0 Å². The Hall–Kier alpha value is -1.29. The highest BCUT2D eigenvalue weighted by molar-refractivity contribution is 9.09. The zero-order valence-electron chi connectivity index (χ0n) is 14.9. The van der Waals surface area contributed by atoms with Crippen LogP contribution in [0, 0.1) is 17.2 Å². The van der Waals surface area contributed by atoms with Crippen LogP contribution in [-0.2, 0) is 4.74 Å². The second kappa shape index (κ2) is 14.1. The standard InChI is InChI=1S/C15H21NO3.C3H7BrO/c1-11(2)13(10-16)12-5-6-14(15(9-12)18-4)19-8-7-17-3;4-2-1-3-5/h5-6,9,11,13H,7-8H2,1-4H3;5H,1-3H2. The van der Waals surface area contributed by atoms with Gasteiger partial charge in [-0.1, -0.05) is 35.8 Å². The number of alkyl halides is 1. The van der Waals surface area contributed by atoms with E-state index in [1.165, 1.54) is 0 Å². The van der Waals surface area contributed by atoms with E-state index >= 15 is 0 Å². The van der Waals surface area contributed by atoms with Crippen LogP contribution in [0.3, 0.4) is 0 Å². The highest BCUT2D eigenvalue weighted by Gasteiger charge is 2.17. The Morgan fingerprint density at radius 1 is 1.21 bits per heavy atom. The monoisotopic (exact) mass is 401 g/mol. The van der Waals surface area contributed by atoms with E-state index in [2.05, 4.69) is 22.0 Å². The molecular formula is C18H28BrNO4. The van der Waals surface area contributed by atoms with Crippen molar-refractivity contribution in [1.82, 2.24) is 0 Å². The molecule has 0 heterocycles. The second-order valence-corrected chi connectivity index (χ2v) is 6.16. The highest BCUT2D eigenvalue weighted by atomic mass is 79.9. The van der Waals surface area contributed by atoms with Gasteiger partial charge >= 0.3 is 0 Å². The Morgan fingerprint density at radius 2 is 1.92 bits per heavy atom. The lowest BCUT2D eigenvalue weighted by Crippen LogP contribution is -2.07. The largest absolute Gasteiger partial charge is 0.493 e. The molecule has 0 bridgehead atoms. The number of nitriles is 1. The van der Waals surface area contributed by atoms with E-state index in [1.54, 1.807) is 14.2 Å². The maximum absolute atomic E-state index is 9.22. The van der Waals surface area contributed by atoms with Crippen molar-refractivity contribution in [2.75, 3.05) is 39.4 Å². The van der Waals surface area contributed by atoms with Gasteiger partial charge in [-0.15, -0.1) is 0 Å². The first-order valence-electron chi connectivity index (χ1n) is 7.91. The van der Waals surface area contributed by atoms with Gasteiger partial charge in [0.2, 0.25) is 0 Å². The van der Waals surface area contributed by atoms with Crippen LogP contribution in [-0.4, -0.2) is 44.5 Å². The molecule has 24 heavy (non-hydrogen) atoms. The van der Waals surface area contributed by atoms with E-state index < -0.39 is 0 Å². The quantitative estimate of drug-likeness (QED) is 0.503. The molecule has 1 atom stereocenters. The van der Waals surface area contributed by atoms with Crippen LogP contribution >= 0.6 is 15.9 Å². The van der Waals surface area contributed by atoms with Gasteiger partial charge in [0, 0.05) is 19.0 Å². The normalized spacial score (nSPS) is 11.2. The number of methoxy groups -OCH3 is 2. The minimum atomic E-state index is -0.137. The van der Waals surface area contributed by atoms with Gasteiger partial charge in [-0.2, -0.15) is 5.26 Å². The Kier molecular flexibility index (Phi) is 13.3. The van der Waals surface area contributed by atoms with Gasteiger partial charge in [0.05, 0.1) is 25.7 Å². The molecule has 5 nitrogen and oxygen atoms in total. The summed E-state index contributed by atoms with van der Waals surface area (Å²) in [5, 5.41) is 18.2. The number of hydrogen-bond acceptors (Lipinski definition) is 5. The predicted octanol–water partition coefficient (Wildman–Crippen LogP) is 3.75. The van der Waals surface area contributed by atoms with Crippen molar-refractivity contribution in [3.05, 3.63) is 23.8 Å². The topological polar surface area (TPSA) is 71.7 Å². The summed E-state index contributed by atoms with van der Waals surface area (Å²) in [5.74, 6) is 1.44. The zero-order chi connectivity index (χ0) is 18.4. The molecule has 1 N–H and O–H groups in total. The van der Waals surface area contributed by atoms with Crippen molar-refractivity contribution in [3.8, 4) is 17.6 Å². The van der Waals surface area contributed by atoms with E-state index in [0.29, 0.717) is 31.3 Å². The number of aliphatic hydroxyl groups excluding tert-OH is 1. The Balaban J connectivity index is 0.000000922. The number of nitrogens with zero attached hydrogens (tertiary/aromatic N) is 1. The van der Waals surface area contributed by atoms with Gasteiger partial charge < -0.3 is 19.3 Å². The summed E-state index contributed by atoms with van der Waals surface area (Å²) in [4.78, 5) is 0. The van der Waals surface area contributed by atoms with Crippen LogP contribution in [0.2, 0.25) is 0 Å². The number of halogens is 1. The van der Waals surface area contributed by atoms with Crippen LogP contribution in [0.15, 0.2) is 18.2 Å². The molecule has 0 aromatic heterocycles. The van der Waals surface area contributed by atoms with E-state index in [0.717, 1.165) is 17.3 Å². The average Bonchev–Trinajstić information content (AvgIpc) is 2.57. The molecule has 1 unspecified atom stereocenters. The van der Waals surface area contributed by atoms with E-state index in [-0.39, 0.29) is 11.8 Å². The van der Waals surface area contributed by atoms with E-state index in [9.17, 15) is 5.26 Å². The van der Waals surface area contributed by atoms with Crippen molar-refractivity contribution >= 4 is 15.9 Å². The molecule has 0 spiro atoms. The van der Waals surface area contributed by atoms with Crippen molar-refractivity contribution < 1.29 is 19.3 Å². The molecule has 0 fully saturated rings. The Bertz CT molecular complexity index is 486. The molecule has 0 aliphatic rings. The van der Waals surface area contributed by atoms with Gasteiger partial charge in [0.25, 0.3) is 0 Å². The van der Waals surface area contributed by atoms with Crippen molar-refractivity contribution in [2.24, 2.45) is 5.92 Å². The molecule has 1 aromatic rings. The van der Waals surface area contributed by atoms with Crippen LogP contribution in [0.5, 0.6) is 11.5 Å². The number of aliphatic hydroxyl groups is 1. The first-order valence-corrected chi connectivity index (χ1v) is 9.03. The lowest BCUT2D eigenvalue weighted by Gasteiger charge is -2.16. The fourth-order valence-electron chi connectivity index (χ4n) is 1.90. The third-order valence-corrected chi connectivity index (χ3v) is 3.75. The molecule has 0 saturated carbocycles. The van der Waals surface area contributed by atoms with Gasteiger partial charge in [-0.25, -0.2) is 0 Å². The molecular weight excluding hydrogens is 374 g/mol. The number of ether oxygens (including phenoxy) is 3. The van der Waals surface area contributed by atoms with E-state index in [4.69, 9.17) is 19.3 Å². The minimum Gasteiger partial charge on any atom is -0.493 e. The lowest BCUT2D eigenvalue weighted by molar-refractivity contribution is 0.144. The van der Waals surface area contributed by atoms with Crippen LogP contribution < -0.4 is 9.47 Å².